The summed E-state index contributed by atoms with van der Waals surface area (Å²) in [5.41, 5.74) is 1.09. The topological polar surface area (TPSA) is 83.0 Å². The van der Waals surface area contributed by atoms with Crippen LogP contribution in [0.25, 0.3) is 0 Å². The molecule has 2 aliphatic rings. The highest BCUT2D eigenvalue weighted by atomic mass is 127. The van der Waals surface area contributed by atoms with E-state index in [9.17, 15) is 8.42 Å². The molecule has 30 heavy (non-hydrogen) atoms. The molecule has 0 bridgehead atoms. The average Bonchev–Trinajstić information content (AvgIpc) is 3.53. The van der Waals surface area contributed by atoms with Crippen LogP contribution in [0.3, 0.4) is 0 Å². The summed E-state index contributed by atoms with van der Waals surface area (Å²) < 4.78 is 30.9. The molecule has 0 amide bonds. The van der Waals surface area contributed by atoms with Crippen LogP contribution in [0.15, 0.2) is 29.3 Å². The second kappa shape index (κ2) is 12.1. The number of nitrogens with one attached hydrogen (secondary N) is 2. The van der Waals surface area contributed by atoms with Gasteiger partial charge in [0, 0.05) is 31.7 Å². The van der Waals surface area contributed by atoms with Crippen LogP contribution >= 0.6 is 24.0 Å². The molecule has 3 rings (SSSR count). The summed E-state index contributed by atoms with van der Waals surface area (Å²) in [5.74, 6) is 2.88. The van der Waals surface area contributed by atoms with Gasteiger partial charge in [-0.15, -0.1) is 24.0 Å². The molecular formula is C21H35IN4O3S. The quantitative estimate of drug-likeness (QED) is 0.281. The zero-order valence-corrected chi connectivity index (χ0v) is 21.1. The lowest BCUT2D eigenvalue weighted by Gasteiger charge is -2.30. The van der Waals surface area contributed by atoms with Crippen LogP contribution in [0, 0.1) is 11.8 Å². The molecule has 0 atom stereocenters. The predicted molar refractivity (Wildman–Crippen MR) is 132 cm³/mol. The van der Waals surface area contributed by atoms with Crippen molar-refractivity contribution in [2.75, 3.05) is 39.0 Å². The Labute approximate surface area is 198 Å². The molecule has 9 heteroatoms. The van der Waals surface area contributed by atoms with E-state index >= 15 is 0 Å². The lowest BCUT2D eigenvalue weighted by molar-refractivity contribution is 0.275. The molecule has 2 N–H and O–H groups in total. The number of sulfonamides is 1. The van der Waals surface area contributed by atoms with Gasteiger partial charge in [0.2, 0.25) is 10.0 Å². The predicted octanol–water partition coefficient (Wildman–Crippen LogP) is 2.82. The summed E-state index contributed by atoms with van der Waals surface area (Å²) >= 11 is 0. The van der Waals surface area contributed by atoms with Gasteiger partial charge in [0.05, 0.1) is 19.4 Å². The Hall–Kier alpha value is -1.07. The van der Waals surface area contributed by atoms with E-state index in [4.69, 9.17) is 9.73 Å². The van der Waals surface area contributed by atoms with Gasteiger partial charge >= 0.3 is 0 Å². The molecule has 1 aliphatic heterocycles. The number of guanidine groups is 1. The molecular weight excluding hydrogens is 515 g/mol. The zero-order valence-electron chi connectivity index (χ0n) is 18.0. The maximum absolute atomic E-state index is 11.6. The Kier molecular flexibility index (Phi) is 10.2. The minimum atomic E-state index is -3.07. The van der Waals surface area contributed by atoms with Gasteiger partial charge in [-0.25, -0.2) is 17.7 Å². The minimum absolute atomic E-state index is 0. The molecule has 1 aliphatic carbocycles. The third-order valence-corrected chi connectivity index (χ3v) is 6.80. The molecule has 1 saturated carbocycles. The van der Waals surface area contributed by atoms with Crippen LogP contribution in [0.2, 0.25) is 0 Å². The monoisotopic (exact) mass is 550 g/mol. The van der Waals surface area contributed by atoms with Crippen LogP contribution < -0.4 is 15.4 Å². The third kappa shape index (κ3) is 8.22. The van der Waals surface area contributed by atoms with E-state index in [0.717, 1.165) is 55.7 Å². The van der Waals surface area contributed by atoms with E-state index in [1.807, 2.05) is 18.2 Å². The number of hydrogen-bond donors (Lipinski definition) is 2. The largest absolute Gasteiger partial charge is 0.493 e. The highest BCUT2D eigenvalue weighted by Gasteiger charge is 2.25. The molecule has 7 nitrogen and oxygen atoms in total. The number of rotatable bonds is 9. The highest BCUT2D eigenvalue weighted by molar-refractivity contribution is 14.0. The molecule has 0 unspecified atom stereocenters. The lowest BCUT2D eigenvalue weighted by Crippen LogP contribution is -2.44. The second-order valence-electron chi connectivity index (χ2n) is 8.04. The molecule has 2 fully saturated rings. The van der Waals surface area contributed by atoms with Crippen LogP contribution in [0.5, 0.6) is 5.75 Å². The van der Waals surface area contributed by atoms with Crippen molar-refractivity contribution in [3.63, 3.8) is 0 Å². The Bertz CT molecular complexity index is 791. The first kappa shape index (κ1) is 25.2. The van der Waals surface area contributed by atoms with Gasteiger partial charge in [-0.1, -0.05) is 18.2 Å². The fourth-order valence-electron chi connectivity index (χ4n) is 3.46. The molecule has 1 heterocycles. The van der Waals surface area contributed by atoms with Crippen molar-refractivity contribution in [3.8, 4) is 5.75 Å². The van der Waals surface area contributed by atoms with Gasteiger partial charge in [0.15, 0.2) is 5.96 Å². The molecule has 1 saturated heterocycles. The Morgan fingerprint density at radius 1 is 1.13 bits per heavy atom. The summed E-state index contributed by atoms with van der Waals surface area (Å²) in [4.78, 5) is 4.73. The van der Waals surface area contributed by atoms with Gasteiger partial charge in [0.1, 0.15) is 5.75 Å². The van der Waals surface area contributed by atoms with Gasteiger partial charge in [-0.05, 0) is 50.5 Å². The van der Waals surface area contributed by atoms with Crippen LogP contribution in [-0.4, -0.2) is 57.7 Å². The van der Waals surface area contributed by atoms with E-state index in [2.05, 4.69) is 23.6 Å². The van der Waals surface area contributed by atoms with E-state index in [1.165, 1.54) is 19.1 Å². The summed E-state index contributed by atoms with van der Waals surface area (Å²) in [6.07, 6.45) is 5.58. The maximum atomic E-state index is 11.6. The number of hydrogen-bond acceptors (Lipinski definition) is 4. The van der Waals surface area contributed by atoms with Gasteiger partial charge in [0.25, 0.3) is 0 Å². The number of piperidine rings is 1. The number of aliphatic imine (C=N–C) groups is 1. The first-order chi connectivity index (χ1) is 14.0. The Balaban J connectivity index is 0.00000320. The normalized spacial score (nSPS) is 18.5. The van der Waals surface area contributed by atoms with Crippen LogP contribution in [0.1, 0.15) is 38.2 Å². The SMILES string of the molecule is CCNC(=NCc1ccccc1OCC1CC1)NCC1CCN(S(C)(=O)=O)CC1.I. The zero-order chi connectivity index (χ0) is 20.7. The standard InChI is InChI=1S/C21H34N4O3S.HI/c1-3-22-21(23-14-17-10-12-25(13-11-17)29(2,26)27)24-15-19-6-4-5-7-20(19)28-16-18-8-9-18;/h4-7,17-18H,3,8-16H2,1-2H3,(H2,22,23,24);1H. The molecule has 170 valence electrons. The molecule has 1 aromatic rings. The lowest BCUT2D eigenvalue weighted by atomic mass is 9.98. The van der Waals surface area contributed by atoms with E-state index < -0.39 is 10.0 Å². The third-order valence-electron chi connectivity index (χ3n) is 5.50. The number of benzene rings is 1. The number of para-hydroxylation sites is 1. The van der Waals surface area contributed by atoms with Crippen molar-refractivity contribution in [2.24, 2.45) is 16.8 Å². The van der Waals surface area contributed by atoms with Crippen LogP contribution in [0.4, 0.5) is 0 Å². The molecule has 0 aromatic heterocycles. The molecule has 0 spiro atoms. The minimum Gasteiger partial charge on any atom is -0.493 e. The fourth-order valence-corrected chi connectivity index (χ4v) is 4.33. The van der Waals surface area contributed by atoms with Crippen molar-refractivity contribution in [3.05, 3.63) is 29.8 Å². The number of ether oxygens (including phenoxy) is 1. The van der Waals surface area contributed by atoms with Crippen molar-refractivity contribution >= 4 is 40.0 Å². The van der Waals surface area contributed by atoms with Gasteiger partial charge in [-0.3, -0.25) is 0 Å². The smallest absolute Gasteiger partial charge is 0.211 e. The Morgan fingerprint density at radius 2 is 1.83 bits per heavy atom. The summed E-state index contributed by atoms with van der Waals surface area (Å²) in [7, 11) is -3.07. The van der Waals surface area contributed by atoms with Crippen molar-refractivity contribution < 1.29 is 13.2 Å². The first-order valence-electron chi connectivity index (χ1n) is 10.6. The van der Waals surface area contributed by atoms with Crippen molar-refractivity contribution in [1.82, 2.24) is 14.9 Å². The number of halogens is 1. The fraction of sp³-hybridized carbons (Fsp3) is 0.667. The van der Waals surface area contributed by atoms with Crippen LogP contribution in [-0.2, 0) is 16.6 Å². The Morgan fingerprint density at radius 3 is 2.47 bits per heavy atom. The molecule has 1 aromatic carbocycles. The summed E-state index contributed by atoms with van der Waals surface area (Å²) in [6.45, 7) is 6.19. The van der Waals surface area contributed by atoms with Crippen molar-refractivity contribution in [1.29, 1.82) is 0 Å². The summed E-state index contributed by atoms with van der Waals surface area (Å²) in [6, 6.07) is 8.10. The highest BCUT2D eigenvalue weighted by Crippen LogP contribution is 2.30. The number of nitrogens with zero attached hydrogens (tertiary/aromatic N) is 2. The van der Waals surface area contributed by atoms with Gasteiger partial charge < -0.3 is 15.4 Å². The van der Waals surface area contributed by atoms with E-state index in [1.54, 1.807) is 4.31 Å². The first-order valence-corrected chi connectivity index (χ1v) is 12.5. The van der Waals surface area contributed by atoms with Gasteiger partial charge in [-0.2, -0.15) is 0 Å². The van der Waals surface area contributed by atoms with Crippen molar-refractivity contribution in [2.45, 2.75) is 39.2 Å². The van der Waals surface area contributed by atoms with E-state index in [-0.39, 0.29) is 24.0 Å². The van der Waals surface area contributed by atoms with E-state index in [0.29, 0.717) is 25.6 Å². The summed E-state index contributed by atoms with van der Waals surface area (Å²) in [5, 5.41) is 6.72. The second-order valence-corrected chi connectivity index (χ2v) is 10.0. The molecule has 0 radical (unpaired) electrons. The maximum Gasteiger partial charge on any atom is 0.211 e. The average molecular weight is 551 g/mol.